The zero-order valence-corrected chi connectivity index (χ0v) is 16.4. The minimum absolute atomic E-state index is 0.713. The van der Waals surface area contributed by atoms with Crippen LogP contribution in [0.5, 0.6) is 5.75 Å². The lowest BCUT2D eigenvalue weighted by atomic mass is 10.0. The highest BCUT2D eigenvalue weighted by Crippen LogP contribution is 2.24. The van der Waals surface area contributed by atoms with Crippen molar-refractivity contribution < 1.29 is 9.26 Å². The number of hydrogen-bond donors (Lipinski definition) is 0. The molecule has 2 fully saturated rings. The van der Waals surface area contributed by atoms with E-state index in [1.54, 1.807) is 7.11 Å². The Morgan fingerprint density at radius 2 is 1.85 bits per heavy atom. The average Bonchev–Trinajstić information content (AvgIpc) is 3.13. The van der Waals surface area contributed by atoms with E-state index in [4.69, 9.17) is 9.26 Å². The summed E-state index contributed by atoms with van der Waals surface area (Å²) in [5.41, 5.74) is 2.24. The maximum Gasteiger partial charge on any atom is 0.150 e. The van der Waals surface area contributed by atoms with Gasteiger partial charge in [-0.05, 0) is 31.9 Å². The van der Waals surface area contributed by atoms with Crippen LogP contribution in [0.3, 0.4) is 0 Å². The molecule has 27 heavy (non-hydrogen) atoms. The van der Waals surface area contributed by atoms with Crippen molar-refractivity contribution in [3.63, 3.8) is 0 Å². The van der Waals surface area contributed by atoms with Crippen LogP contribution in [0.25, 0.3) is 0 Å². The van der Waals surface area contributed by atoms with E-state index in [1.807, 2.05) is 19.1 Å². The number of aromatic nitrogens is 1. The first-order valence-electron chi connectivity index (χ1n) is 9.99. The summed E-state index contributed by atoms with van der Waals surface area (Å²) in [6.45, 7) is 9.60. The molecule has 0 saturated carbocycles. The van der Waals surface area contributed by atoms with Gasteiger partial charge >= 0.3 is 0 Å². The maximum atomic E-state index is 5.36. The topological polar surface area (TPSA) is 45.0 Å². The fourth-order valence-electron chi connectivity index (χ4n) is 4.31. The highest BCUT2D eigenvalue weighted by molar-refractivity contribution is 5.51. The standard InChI is InChI=1S/C21H30N4O2/c1-17-14-21(27-22-17)16-23-8-6-18(7-9-23)24-10-12-25(13-11-24)19-4-3-5-20(15-19)26-2/h3-5,14-15,18H,6-13,16H2,1-2H3. The average molecular weight is 370 g/mol. The fourth-order valence-corrected chi connectivity index (χ4v) is 4.31. The van der Waals surface area contributed by atoms with Gasteiger partial charge in [-0.2, -0.15) is 0 Å². The molecule has 6 nitrogen and oxygen atoms in total. The number of aryl methyl sites for hydroxylation is 1. The van der Waals surface area contributed by atoms with Gasteiger partial charge in [-0.15, -0.1) is 0 Å². The van der Waals surface area contributed by atoms with Crippen molar-refractivity contribution >= 4 is 5.69 Å². The monoisotopic (exact) mass is 370 g/mol. The summed E-state index contributed by atoms with van der Waals surface area (Å²) in [7, 11) is 1.73. The molecule has 2 aliphatic heterocycles. The number of ether oxygens (including phenoxy) is 1. The number of benzene rings is 1. The zero-order chi connectivity index (χ0) is 18.6. The second kappa shape index (κ2) is 8.31. The number of nitrogens with zero attached hydrogens (tertiary/aromatic N) is 4. The largest absolute Gasteiger partial charge is 0.497 e. The predicted molar refractivity (Wildman–Crippen MR) is 106 cm³/mol. The van der Waals surface area contributed by atoms with E-state index >= 15 is 0 Å². The lowest BCUT2D eigenvalue weighted by Crippen LogP contribution is -2.53. The summed E-state index contributed by atoms with van der Waals surface area (Å²) >= 11 is 0. The third-order valence-corrected chi connectivity index (χ3v) is 5.86. The van der Waals surface area contributed by atoms with Crippen molar-refractivity contribution in [2.45, 2.75) is 32.4 Å². The molecule has 1 aromatic heterocycles. The molecule has 0 unspecified atom stereocenters. The Balaban J connectivity index is 1.24. The fraction of sp³-hybridized carbons (Fsp3) is 0.571. The Bertz CT molecular complexity index is 731. The molecule has 0 bridgehead atoms. The molecule has 0 N–H and O–H groups in total. The van der Waals surface area contributed by atoms with Crippen LogP contribution < -0.4 is 9.64 Å². The van der Waals surface area contributed by atoms with Gasteiger partial charge in [0.05, 0.1) is 19.3 Å². The summed E-state index contributed by atoms with van der Waals surface area (Å²) in [5, 5.41) is 3.99. The van der Waals surface area contributed by atoms with E-state index in [2.05, 4.69) is 38.1 Å². The summed E-state index contributed by atoms with van der Waals surface area (Å²) in [5.74, 6) is 1.92. The number of piperidine rings is 1. The van der Waals surface area contributed by atoms with Gasteiger partial charge in [-0.1, -0.05) is 11.2 Å². The molecule has 1 aromatic carbocycles. The van der Waals surface area contributed by atoms with Gasteiger partial charge < -0.3 is 14.2 Å². The van der Waals surface area contributed by atoms with Crippen molar-refractivity contribution in [1.29, 1.82) is 0 Å². The van der Waals surface area contributed by atoms with Crippen LogP contribution in [0.1, 0.15) is 24.3 Å². The third-order valence-electron chi connectivity index (χ3n) is 5.86. The van der Waals surface area contributed by atoms with Crippen LogP contribution in [0, 0.1) is 6.92 Å². The van der Waals surface area contributed by atoms with Gasteiger partial charge in [0.2, 0.25) is 0 Å². The quantitative estimate of drug-likeness (QED) is 0.806. The lowest BCUT2D eigenvalue weighted by molar-refractivity contribution is 0.0949. The van der Waals surface area contributed by atoms with E-state index in [-0.39, 0.29) is 0 Å². The van der Waals surface area contributed by atoms with Crippen molar-refractivity contribution in [2.24, 2.45) is 0 Å². The number of anilines is 1. The molecular formula is C21H30N4O2. The molecule has 0 amide bonds. The molecule has 0 radical (unpaired) electrons. The molecular weight excluding hydrogens is 340 g/mol. The molecule has 2 aliphatic rings. The van der Waals surface area contributed by atoms with Crippen LogP contribution in [-0.2, 0) is 6.54 Å². The summed E-state index contributed by atoms with van der Waals surface area (Å²) in [6, 6.07) is 11.2. The first-order valence-corrected chi connectivity index (χ1v) is 9.99. The van der Waals surface area contributed by atoms with Crippen molar-refractivity contribution in [3.05, 3.63) is 41.8 Å². The zero-order valence-electron chi connectivity index (χ0n) is 16.4. The van der Waals surface area contributed by atoms with Crippen molar-refractivity contribution in [3.8, 4) is 5.75 Å². The van der Waals surface area contributed by atoms with Crippen LogP contribution in [0.2, 0.25) is 0 Å². The molecule has 2 aromatic rings. The van der Waals surface area contributed by atoms with Gasteiger partial charge in [-0.25, -0.2) is 0 Å². The van der Waals surface area contributed by atoms with Gasteiger partial charge in [0.1, 0.15) is 5.75 Å². The Morgan fingerprint density at radius 3 is 2.52 bits per heavy atom. The highest BCUT2D eigenvalue weighted by atomic mass is 16.5. The molecule has 2 saturated heterocycles. The summed E-state index contributed by atoms with van der Waals surface area (Å²) in [6.07, 6.45) is 2.48. The van der Waals surface area contributed by atoms with E-state index < -0.39 is 0 Å². The summed E-state index contributed by atoms with van der Waals surface area (Å²) < 4.78 is 10.7. The maximum absolute atomic E-state index is 5.36. The Kier molecular flexibility index (Phi) is 5.64. The van der Waals surface area contributed by atoms with Gasteiger partial charge in [-0.3, -0.25) is 9.80 Å². The second-order valence-corrected chi connectivity index (χ2v) is 7.67. The number of rotatable bonds is 5. The smallest absolute Gasteiger partial charge is 0.150 e. The molecule has 0 spiro atoms. The van der Waals surface area contributed by atoms with E-state index in [0.29, 0.717) is 6.04 Å². The Hall–Kier alpha value is -2.05. The predicted octanol–water partition coefficient (Wildman–Crippen LogP) is 2.78. The number of piperazine rings is 1. The van der Waals surface area contributed by atoms with Crippen molar-refractivity contribution in [1.82, 2.24) is 15.0 Å². The van der Waals surface area contributed by atoms with E-state index in [9.17, 15) is 0 Å². The minimum Gasteiger partial charge on any atom is -0.497 e. The second-order valence-electron chi connectivity index (χ2n) is 7.67. The number of methoxy groups -OCH3 is 1. The molecule has 4 rings (SSSR count). The SMILES string of the molecule is COc1cccc(N2CCN(C3CCN(Cc4cc(C)no4)CC3)CC2)c1. The van der Waals surface area contributed by atoms with E-state index in [1.165, 1.54) is 18.5 Å². The Morgan fingerprint density at radius 1 is 1.07 bits per heavy atom. The van der Waals surface area contributed by atoms with E-state index in [0.717, 1.165) is 63.0 Å². The number of likely N-dealkylation sites (tertiary alicyclic amines) is 1. The number of hydrogen-bond acceptors (Lipinski definition) is 6. The third kappa shape index (κ3) is 4.45. The lowest BCUT2D eigenvalue weighted by Gasteiger charge is -2.43. The normalized spacial score (nSPS) is 20.1. The summed E-state index contributed by atoms with van der Waals surface area (Å²) in [4.78, 5) is 7.65. The van der Waals surface area contributed by atoms with Gasteiger partial charge in [0, 0.05) is 63.1 Å². The van der Waals surface area contributed by atoms with Gasteiger partial charge in [0.25, 0.3) is 0 Å². The molecule has 146 valence electrons. The molecule has 3 heterocycles. The van der Waals surface area contributed by atoms with Crippen LogP contribution >= 0.6 is 0 Å². The molecule has 0 atom stereocenters. The Labute approximate surface area is 161 Å². The minimum atomic E-state index is 0.713. The molecule has 0 aliphatic carbocycles. The first-order chi connectivity index (χ1) is 13.2. The highest BCUT2D eigenvalue weighted by Gasteiger charge is 2.28. The van der Waals surface area contributed by atoms with Crippen LogP contribution in [0.4, 0.5) is 5.69 Å². The van der Waals surface area contributed by atoms with Crippen LogP contribution in [-0.4, -0.2) is 67.4 Å². The van der Waals surface area contributed by atoms with Crippen LogP contribution in [0.15, 0.2) is 34.9 Å². The molecule has 6 heteroatoms. The first kappa shape index (κ1) is 18.3. The van der Waals surface area contributed by atoms with Gasteiger partial charge in [0.15, 0.2) is 5.76 Å². The van der Waals surface area contributed by atoms with Crippen molar-refractivity contribution in [2.75, 3.05) is 51.3 Å².